The molecule has 0 fully saturated rings. The van der Waals surface area contributed by atoms with Crippen LogP contribution in [0.3, 0.4) is 0 Å². The Morgan fingerprint density at radius 3 is 2.79 bits per heavy atom. The molecule has 78 valence electrons. The van der Waals surface area contributed by atoms with Crippen molar-refractivity contribution in [2.24, 2.45) is 5.73 Å². The summed E-state index contributed by atoms with van der Waals surface area (Å²) in [5.41, 5.74) is 6.53. The molecule has 0 aliphatic rings. The number of ether oxygens (including phenoxy) is 1. The van der Waals surface area contributed by atoms with Crippen molar-refractivity contribution >= 4 is 21.6 Å². The Morgan fingerprint density at radius 1 is 1.50 bits per heavy atom. The number of halogens is 1. The highest BCUT2D eigenvalue weighted by atomic mass is 79.9. The Labute approximate surface area is 92.8 Å². The molecule has 0 bridgehead atoms. The van der Waals surface area contributed by atoms with Gasteiger partial charge in [0.1, 0.15) is 5.75 Å². The van der Waals surface area contributed by atoms with Crippen LogP contribution < -0.4 is 15.8 Å². The van der Waals surface area contributed by atoms with E-state index in [0.29, 0.717) is 6.54 Å². The van der Waals surface area contributed by atoms with Gasteiger partial charge in [-0.05, 0) is 19.1 Å². The first-order valence-corrected chi connectivity index (χ1v) is 5.26. The van der Waals surface area contributed by atoms with E-state index in [4.69, 9.17) is 10.5 Å². The molecule has 0 aliphatic carbocycles. The van der Waals surface area contributed by atoms with E-state index in [2.05, 4.69) is 21.2 Å². The van der Waals surface area contributed by atoms with Gasteiger partial charge in [0, 0.05) is 28.8 Å². The largest absolute Gasteiger partial charge is 0.497 e. The second-order valence-electron chi connectivity index (χ2n) is 3.16. The number of hydrogen-bond acceptors (Lipinski definition) is 3. The van der Waals surface area contributed by atoms with Crippen LogP contribution in [0.25, 0.3) is 0 Å². The summed E-state index contributed by atoms with van der Waals surface area (Å²) < 4.78 is 6.14. The van der Waals surface area contributed by atoms with Gasteiger partial charge in [0.2, 0.25) is 0 Å². The van der Waals surface area contributed by atoms with Crippen LogP contribution in [0.4, 0.5) is 5.69 Å². The van der Waals surface area contributed by atoms with E-state index in [1.165, 1.54) is 0 Å². The van der Waals surface area contributed by atoms with Crippen LogP contribution in [0.1, 0.15) is 6.92 Å². The zero-order valence-corrected chi connectivity index (χ0v) is 9.97. The van der Waals surface area contributed by atoms with Crippen molar-refractivity contribution in [1.82, 2.24) is 0 Å². The molecule has 0 spiro atoms. The summed E-state index contributed by atoms with van der Waals surface area (Å²) in [6.45, 7) is 2.64. The lowest BCUT2D eigenvalue weighted by atomic mass is 10.2. The first-order valence-electron chi connectivity index (χ1n) is 4.47. The van der Waals surface area contributed by atoms with Crippen LogP contribution in [0, 0.1) is 0 Å². The molecule has 0 aromatic heterocycles. The summed E-state index contributed by atoms with van der Waals surface area (Å²) in [5.74, 6) is 0.825. The Balaban J connectivity index is 2.81. The molecule has 1 aromatic carbocycles. The molecule has 1 atom stereocenters. The molecule has 14 heavy (non-hydrogen) atoms. The van der Waals surface area contributed by atoms with E-state index < -0.39 is 0 Å². The average Bonchev–Trinajstić information content (AvgIpc) is 2.16. The lowest BCUT2D eigenvalue weighted by Crippen LogP contribution is -2.25. The molecule has 3 N–H and O–H groups in total. The van der Waals surface area contributed by atoms with Crippen molar-refractivity contribution in [2.75, 3.05) is 19.0 Å². The molecule has 0 aliphatic heterocycles. The van der Waals surface area contributed by atoms with E-state index in [1.807, 2.05) is 25.1 Å². The number of methoxy groups -OCH3 is 1. The molecule has 0 saturated carbocycles. The minimum atomic E-state index is 0.258. The highest BCUT2D eigenvalue weighted by molar-refractivity contribution is 9.10. The standard InChI is InChI=1S/C10H15BrN2O/c1-7(6-12)13-9-3-8(11)4-10(5-9)14-2/h3-5,7,13H,6,12H2,1-2H3. The van der Waals surface area contributed by atoms with E-state index in [1.54, 1.807) is 7.11 Å². The van der Waals surface area contributed by atoms with Gasteiger partial charge in [-0.25, -0.2) is 0 Å². The number of hydrogen-bond donors (Lipinski definition) is 2. The van der Waals surface area contributed by atoms with Crippen molar-refractivity contribution in [2.45, 2.75) is 13.0 Å². The molecular weight excluding hydrogens is 244 g/mol. The predicted octanol–water partition coefficient (Wildman–Crippen LogP) is 2.22. The van der Waals surface area contributed by atoms with Crippen LogP contribution in [0.15, 0.2) is 22.7 Å². The fourth-order valence-corrected chi connectivity index (χ4v) is 1.58. The maximum absolute atomic E-state index is 5.52. The first kappa shape index (κ1) is 11.3. The van der Waals surface area contributed by atoms with Crippen molar-refractivity contribution in [3.63, 3.8) is 0 Å². The van der Waals surface area contributed by atoms with Gasteiger partial charge in [0.25, 0.3) is 0 Å². The van der Waals surface area contributed by atoms with Gasteiger partial charge in [-0.2, -0.15) is 0 Å². The fraction of sp³-hybridized carbons (Fsp3) is 0.400. The number of rotatable bonds is 4. The van der Waals surface area contributed by atoms with Gasteiger partial charge in [-0.1, -0.05) is 15.9 Å². The molecule has 1 rings (SSSR count). The van der Waals surface area contributed by atoms with Gasteiger partial charge >= 0.3 is 0 Å². The fourth-order valence-electron chi connectivity index (χ4n) is 1.11. The van der Waals surface area contributed by atoms with Gasteiger partial charge < -0.3 is 15.8 Å². The third kappa shape index (κ3) is 3.20. The van der Waals surface area contributed by atoms with E-state index in [-0.39, 0.29) is 6.04 Å². The first-order chi connectivity index (χ1) is 6.65. The van der Waals surface area contributed by atoms with Crippen LogP contribution in [0.5, 0.6) is 5.75 Å². The molecule has 0 radical (unpaired) electrons. The normalized spacial score (nSPS) is 12.3. The maximum Gasteiger partial charge on any atom is 0.122 e. The van der Waals surface area contributed by atoms with Crippen molar-refractivity contribution in [3.8, 4) is 5.75 Å². The van der Waals surface area contributed by atoms with Crippen molar-refractivity contribution < 1.29 is 4.74 Å². The SMILES string of the molecule is COc1cc(Br)cc(NC(C)CN)c1. The molecule has 1 aromatic rings. The zero-order chi connectivity index (χ0) is 10.6. The van der Waals surface area contributed by atoms with E-state index in [0.717, 1.165) is 15.9 Å². The van der Waals surface area contributed by atoms with Gasteiger partial charge in [0.15, 0.2) is 0 Å². The van der Waals surface area contributed by atoms with Crippen molar-refractivity contribution in [3.05, 3.63) is 22.7 Å². The lowest BCUT2D eigenvalue weighted by molar-refractivity contribution is 0.414. The summed E-state index contributed by atoms with van der Waals surface area (Å²) >= 11 is 3.41. The molecule has 0 heterocycles. The number of nitrogens with one attached hydrogen (secondary N) is 1. The number of anilines is 1. The molecule has 4 heteroatoms. The van der Waals surface area contributed by atoms with Crippen LogP contribution in [-0.2, 0) is 0 Å². The highest BCUT2D eigenvalue weighted by Gasteiger charge is 2.02. The summed E-state index contributed by atoms with van der Waals surface area (Å²) in [5, 5.41) is 3.27. The average molecular weight is 259 g/mol. The zero-order valence-electron chi connectivity index (χ0n) is 8.38. The Kier molecular flexibility index (Phi) is 4.22. The molecule has 0 amide bonds. The predicted molar refractivity (Wildman–Crippen MR) is 62.8 cm³/mol. The third-order valence-electron chi connectivity index (χ3n) is 1.87. The van der Waals surface area contributed by atoms with Crippen molar-refractivity contribution in [1.29, 1.82) is 0 Å². The monoisotopic (exact) mass is 258 g/mol. The Morgan fingerprint density at radius 2 is 2.21 bits per heavy atom. The quantitative estimate of drug-likeness (QED) is 0.871. The van der Waals surface area contributed by atoms with Gasteiger partial charge in [-0.3, -0.25) is 0 Å². The summed E-state index contributed by atoms with van der Waals surface area (Å²) in [7, 11) is 1.65. The van der Waals surface area contributed by atoms with E-state index >= 15 is 0 Å². The van der Waals surface area contributed by atoms with Crippen LogP contribution >= 0.6 is 15.9 Å². The summed E-state index contributed by atoms with van der Waals surface area (Å²) in [6.07, 6.45) is 0. The molecule has 3 nitrogen and oxygen atoms in total. The summed E-state index contributed by atoms with van der Waals surface area (Å²) in [4.78, 5) is 0. The number of nitrogens with two attached hydrogens (primary N) is 1. The second-order valence-corrected chi connectivity index (χ2v) is 4.08. The second kappa shape index (κ2) is 5.22. The Bertz CT molecular complexity index is 304. The van der Waals surface area contributed by atoms with Crippen LogP contribution in [-0.4, -0.2) is 19.7 Å². The Hall–Kier alpha value is -0.740. The number of benzene rings is 1. The third-order valence-corrected chi connectivity index (χ3v) is 2.33. The van der Waals surface area contributed by atoms with Gasteiger partial charge in [-0.15, -0.1) is 0 Å². The maximum atomic E-state index is 5.52. The van der Waals surface area contributed by atoms with E-state index in [9.17, 15) is 0 Å². The molecular formula is C10H15BrN2O. The van der Waals surface area contributed by atoms with Crippen LogP contribution in [0.2, 0.25) is 0 Å². The minimum absolute atomic E-state index is 0.258. The highest BCUT2D eigenvalue weighted by Crippen LogP contribution is 2.24. The minimum Gasteiger partial charge on any atom is -0.497 e. The topological polar surface area (TPSA) is 47.3 Å². The smallest absolute Gasteiger partial charge is 0.122 e. The lowest BCUT2D eigenvalue weighted by Gasteiger charge is -2.14. The summed E-state index contributed by atoms with van der Waals surface area (Å²) in [6, 6.07) is 6.11. The van der Waals surface area contributed by atoms with Gasteiger partial charge in [0.05, 0.1) is 7.11 Å². The molecule has 0 saturated heterocycles. The molecule has 1 unspecified atom stereocenters.